The number of benzene rings is 1. The van der Waals surface area contributed by atoms with Crippen LogP contribution >= 0.6 is 0 Å². The zero-order valence-electron chi connectivity index (χ0n) is 26.5. The van der Waals surface area contributed by atoms with E-state index < -0.39 is 13.5 Å². The van der Waals surface area contributed by atoms with E-state index in [2.05, 4.69) is 85.7 Å². The van der Waals surface area contributed by atoms with Crippen LogP contribution in [0.1, 0.15) is 92.8 Å². The molecule has 0 atom stereocenters. The van der Waals surface area contributed by atoms with Gasteiger partial charge in [-0.05, 0) is 105 Å². The molecule has 0 saturated heterocycles. The van der Waals surface area contributed by atoms with Crippen LogP contribution in [0.25, 0.3) is 11.1 Å². The van der Waals surface area contributed by atoms with E-state index in [-0.39, 0.29) is 5.78 Å². The molecule has 4 nitrogen and oxygen atoms in total. The van der Waals surface area contributed by atoms with E-state index in [4.69, 9.17) is 9.84 Å². The lowest BCUT2D eigenvalue weighted by molar-refractivity contribution is -0.122. The van der Waals surface area contributed by atoms with Crippen LogP contribution in [0.5, 0.6) is 0 Å². The van der Waals surface area contributed by atoms with E-state index in [0.717, 1.165) is 55.5 Å². The summed E-state index contributed by atoms with van der Waals surface area (Å²) in [6.45, 7) is 27.0. The molecular weight excluding hydrogens is 508 g/mol. The number of ketones is 1. The Balaban J connectivity index is 1.96. The second kappa shape index (κ2) is 13.4. The van der Waals surface area contributed by atoms with Gasteiger partial charge in [0.25, 0.3) is 0 Å². The fraction of sp³-hybridized carbons (Fsp3) is 0.543. The first-order valence-corrected chi connectivity index (χ1v) is 18.8. The van der Waals surface area contributed by atoms with Crippen molar-refractivity contribution in [3.63, 3.8) is 0 Å². The molecule has 0 fully saturated rings. The molecule has 1 aliphatic rings. The maximum atomic E-state index is 13.3. The second-order valence-corrected chi connectivity index (χ2v) is 19.0. The fourth-order valence-electron chi connectivity index (χ4n) is 5.76. The topological polar surface area (TPSA) is 44.1 Å². The van der Waals surface area contributed by atoms with Crippen LogP contribution in [0.2, 0.25) is 25.7 Å². The van der Waals surface area contributed by atoms with Crippen molar-refractivity contribution in [2.24, 2.45) is 0 Å². The molecule has 218 valence electrons. The van der Waals surface area contributed by atoms with Crippen LogP contribution in [0.15, 0.2) is 43.1 Å². The van der Waals surface area contributed by atoms with Gasteiger partial charge in [0.15, 0.2) is 0 Å². The number of allylic oxidation sites excluding steroid dienone is 4. The fourth-order valence-corrected chi connectivity index (χ4v) is 6.51. The SMILES string of the molecule is C=CCC(=C)CC(=O)C(C)(C)c1cc(C)c(C2=C(CCC)c3nn(COCC[Si](C)(C)C)cc3CCC2)cc1C. The third kappa shape index (κ3) is 7.82. The highest BCUT2D eigenvalue weighted by Crippen LogP contribution is 2.41. The number of carbonyl (C=O) groups is 1. The minimum atomic E-state index is -1.11. The average Bonchev–Trinajstić information content (AvgIpc) is 3.19. The number of aromatic nitrogens is 2. The summed E-state index contributed by atoms with van der Waals surface area (Å²) in [5.74, 6) is 0.206. The van der Waals surface area contributed by atoms with Gasteiger partial charge in [0, 0.05) is 32.7 Å². The summed E-state index contributed by atoms with van der Waals surface area (Å²) in [6, 6.07) is 5.75. The molecule has 0 unspecified atom stereocenters. The molecule has 0 radical (unpaired) electrons. The van der Waals surface area contributed by atoms with Crippen LogP contribution in [-0.2, 0) is 28.1 Å². The summed E-state index contributed by atoms with van der Waals surface area (Å²) in [6.07, 6.45) is 10.3. The van der Waals surface area contributed by atoms with Crippen molar-refractivity contribution in [2.45, 2.75) is 117 Å². The number of carbonyl (C=O) groups excluding carboxylic acids is 1. The number of ether oxygens (including phenoxy) is 1. The van der Waals surface area contributed by atoms with E-state index in [1.54, 1.807) is 0 Å². The van der Waals surface area contributed by atoms with Crippen LogP contribution in [0.4, 0.5) is 0 Å². The number of hydrogen-bond donors (Lipinski definition) is 0. The normalized spacial score (nSPS) is 14.2. The minimum absolute atomic E-state index is 0.206. The maximum absolute atomic E-state index is 13.3. The van der Waals surface area contributed by atoms with Gasteiger partial charge < -0.3 is 4.74 Å². The number of hydrogen-bond acceptors (Lipinski definition) is 3. The van der Waals surface area contributed by atoms with E-state index in [1.165, 1.54) is 39.4 Å². The van der Waals surface area contributed by atoms with Crippen molar-refractivity contribution < 1.29 is 9.53 Å². The first-order chi connectivity index (χ1) is 18.8. The second-order valence-electron chi connectivity index (χ2n) is 13.4. The average molecular weight is 561 g/mol. The Labute approximate surface area is 244 Å². The Morgan fingerprint density at radius 2 is 1.90 bits per heavy atom. The van der Waals surface area contributed by atoms with E-state index in [1.807, 2.05) is 10.8 Å². The van der Waals surface area contributed by atoms with Crippen LogP contribution in [-0.4, -0.2) is 30.2 Å². The smallest absolute Gasteiger partial charge is 0.146 e. The Bertz CT molecular complexity index is 1270. The van der Waals surface area contributed by atoms with E-state index in [0.29, 0.717) is 19.6 Å². The number of Topliss-reactive ketones (excluding diaryl/α,β-unsaturated/α-hetero) is 1. The largest absolute Gasteiger partial charge is 0.360 e. The first-order valence-electron chi connectivity index (χ1n) is 15.1. The summed E-state index contributed by atoms with van der Waals surface area (Å²) >= 11 is 0. The number of fused-ring (bicyclic) bond motifs is 1. The van der Waals surface area contributed by atoms with Crippen molar-refractivity contribution >= 4 is 25.0 Å². The molecule has 0 amide bonds. The Morgan fingerprint density at radius 3 is 2.55 bits per heavy atom. The number of aryl methyl sites for hydroxylation is 3. The summed E-state index contributed by atoms with van der Waals surface area (Å²) in [5, 5.41) is 5.08. The third-order valence-electron chi connectivity index (χ3n) is 8.19. The van der Waals surface area contributed by atoms with Crippen molar-refractivity contribution in [1.82, 2.24) is 9.78 Å². The molecule has 1 heterocycles. The van der Waals surface area contributed by atoms with Crippen molar-refractivity contribution in [2.75, 3.05) is 6.61 Å². The lowest BCUT2D eigenvalue weighted by Crippen LogP contribution is -2.30. The summed E-state index contributed by atoms with van der Waals surface area (Å²) in [5.41, 5.74) is 10.4. The highest BCUT2D eigenvalue weighted by Gasteiger charge is 2.32. The molecule has 0 aliphatic heterocycles. The van der Waals surface area contributed by atoms with Gasteiger partial charge in [0.05, 0.1) is 5.69 Å². The van der Waals surface area contributed by atoms with Gasteiger partial charge in [0.1, 0.15) is 12.5 Å². The number of rotatable bonds is 14. The van der Waals surface area contributed by atoms with Crippen LogP contribution in [0, 0.1) is 13.8 Å². The molecule has 1 aromatic heterocycles. The van der Waals surface area contributed by atoms with Crippen LogP contribution < -0.4 is 0 Å². The lowest BCUT2D eigenvalue weighted by Gasteiger charge is -2.28. The highest BCUT2D eigenvalue weighted by atomic mass is 28.3. The molecule has 0 N–H and O–H groups in total. The van der Waals surface area contributed by atoms with Gasteiger partial charge in [-0.3, -0.25) is 4.79 Å². The van der Waals surface area contributed by atoms with Gasteiger partial charge in [-0.15, -0.1) is 6.58 Å². The monoisotopic (exact) mass is 560 g/mol. The van der Waals surface area contributed by atoms with E-state index >= 15 is 0 Å². The molecule has 1 aliphatic carbocycles. The molecule has 40 heavy (non-hydrogen) atoms. The van der Waals surface area contributed by atoms with Crippen molar-refractivity contribution in [3.8, 4) is 0 Å². The molecule has 2 aromatic rings. The van der Waals surface area contributed by atoms with Gasteiger partial charge in [0.2, 0.25) is 0 Å². The first kappa shape index (κ1) is 32.0. The van der Waals surface area contributed by atoms with Crippen molar-refractivity contribution in [1.29, 1.82) is 0 Å². The molecule has 3 rings (SSSR count). The van der Waals surface area contributed by atoms with Gasteiger partial charge in [-0.2, -0.15) is 5.10 Å². The predicted molar refractivity (Wildman–Crippen MR) is 174 cm³/mol. The van der Waals surface area contributed by atoms with E-state index in [9.17, 15) is 4.79 Å². The quantitative estimate of drug-likeness (QED) is 0.131. The molecule has 0 bridgehead atoms. The highest BCUT2D eigenvalue weighted by molar-refractivity contribution is 6.76. The zero-order valence-corrected chi connectivity index (χ0v) is 27.5. The minimum Gasteiger partial charge on any atom is -0.360 e. The third-order valence-corrected chi connectivity index (χ3v) is 9.90. The number of nitrogens with zero attached hydrogens (tertiary/aromatic N) is 2. The summed E-state index contributed by atoms with van der Waals surface area (Å²) < 4.78 is 8.03. The van der Waals surface area contributed by atoms with Gasteiger partial charge in [-0.25, -0.2) is 4.68 Å². The molecule has 0 spiro atoms. The zero-order chi connectivity index (χ0) is 29.7. The summed E-state index contributed by atoms with van der Waals surface area (Å²) in [7, 11) is -1.11. The molecule has 0 saturated carbocycles. The summed E-state index contributed by atoms with van der Waals surface area (Å²) in [4.78, 5) is 13.3. The molecular formula is C35H52N2O2Si. The van der Waals surface area contributed by atoms with Gasteiger partial charge in [-0.1, -0.05) is 63.3 Å². The standard InChI is InChI=1S/C35H52N2O2Si/c1-11-14-25(3)20-33(38)35(6,7)32-22-26(4)31(21-27(32)5)29-17-13-16-28-23-37(24-39-18-19-40(8,9)10)36-34(28)30(29)15-12-2/h11,21-23H,1,3,12-20,24H2,2,4-10H3. The van der Waals surface area contributed by atoms with Crippen molar-refractivity contribution in [3.05, 3.63) is 76.6 Å². The molecule has 5 heteroatoms. The Hall–Kier alpha value is -2.50. The predicted octanol–water partition coefficient (Wildman–Crippen LogP) is 9.23. The molecule has 1 aromatic carbocycles. The Kier molecular flexibility index (Phi) is 10.8. The Morgan fingerprint density at radius 1 is 1.18 bits per heavy atom. The van der Waals surface area contributed by atoms with Crippen LogP contribution in [0.3, 0.4) is 0 Å². The van der Waals surface area contributed by atoms with Gasteiger partial charge >= 0.3 is 0 Å². The maximum Gasteiger partial charge on any atom is 0.146 e. The lowest BCUT2D eigenvalue weighted by atomic mass is 9.74.